The van der Waals surface area contributed by atoms with Crippen molar-refractivity contribution in [2.45, 2.75) is 44.5 Å². The van der Waals surface area contributed by atoms with Crippen LogP contribution < -0.4 is 0 Å². The summed E-state index contributed by atoms with van der Waals surface area (Å²) in [6.07, 6.45) is 4.87. The van der Waals surface area contributed by atoms with Crippen LogP contribution in [0, 0.1) is 5.92 Å². The lowest BCUT2D eigenvalue weighted by Crippen LogP contribution is -2.27. The average Bonchev–Trinajstić information content (AvgIpc) is 2.90. The third-order valence-corrected chi connectivity index (χ3v) is 4.71. The van der Waals surface area contributed by atoms with Gasteiger partial charge in [-0.05, 0) is 24.5 Å². The minimum atomic E-state index is -0.214. The Bertz CT molecular complexity index is 216. The van der Waals surface area contributed by atoms with Crippen molar-refractivity contribution in [3.8, 4) is 0 Å². The predicted molar refractivity (Wildman–Crippen MR) is 65.6 cm³/mol. The van der Waals surface area contributed by atoms with Gasteiger partial charge in [0, 0.05) is 25.2 Å². The van der Waals surface area contributed by atoms with Crippen molar-refractivity contribution < 1.29 is 14.6 Å². The summed E-state index contributed by atoms with van der Waals surface area (Å²) in [4.78, 5) is 0. The van der Waals surface area contributed by atoms with Crippen molar-refractivity contribution in [3.63, 3.8) is 0 Å². The summed E-state index contributed by atoms with van der Waals surface area (Å²) >= 11 is 1.86. The number of rotatable bonds is 5. The number of hydrogen-bond acceptors (Lipinski definition) is 4. The summed E-state index contributed by atoms with van der Waals surface area (Å²) in [5.74, 6) is 2.16. The van der Waals surface area contributed by atoms with Crippen LogP contribution in [-0.4, -0.2) is 41.7 Å². The predicted octanol–water partition coefficient (Wildman–Crippen LogP) is 2.03. The van der Waals surface area contributed by atoms with Crippen LogP contribution in [0.5, 0.6) is 0 Å². The second-order valence-electron chi connectivity index (χ2n) is 4.99. The highest BCUT2D eigenvalue weighted by atomic mass is 32.2. The van der Waals surface area contributed by atoms with Crippen molar-refractivity contribution in [2.75, 3.05) is 24.7 Å². The van der Waals surface area contributed by atoms with E-state index in [1.165, 1.54) is 12.8 Å². The minimum absolute atomic E-state index is 0.214. The van der Waals surface area contributed by atoms with Crippen LogP contribution in [0.15, 0.2) is 0 Å². The highest BCUT2D eigenvalue weighted by molar-refractivity contribution is 7.99. The molecular formula is C12H22O3S. The van der Waals surface area contributed by atoms with Gasteiger partial charge in [0.15, 0.2) is 5.79 Å². The van der Waals surface area contributed by atoms with E-state index in [0.717, 1.165) is 31.0 Å². The molecule has 0 radical (unpaired) electrons. The molecule has 1 aliphatic heterocycles. The molecule has 0 aromatic carbocycles. The number of aliphatic hydroxyl groups excluding tert-OH is 1. The number of hydrogen-bond donors (Lipinski definition) is 1. The highest BCUT2D eigenvalue weighted by Gasteiger charge is 2.43. The van der Waals surface area contributed by atoms with Crippen molar-refractivity contribution in [1.29, 1.82) is 0 Å². The summed E-state index contributed by atoms with van der Waals surface area (Å²) in [5.41, 5.74) is 0. The quantitative estimate of drug-likeness (QED) is 0.805. The Morgan fingerprint density at radius 2 is 2.19 bits per heavy atom. The molecule has 2 fully saturated rings. The Labute approximate surface area is 102 Å². The zero-order valence-corrected chi connectivity index (χ0v) is 10.8. The first-order valence-corrected chi connectivity index (χ1v) is 7.40. The van der Waals surface area contributed by atoms with E-state index in [1.54, 1.807) is 0 Å². The number of aliphatic hydroxyl groups is 1. The van der Waals surface area contributed by atoms with Crippen molar-refractivity contribution in [1.82, 2.24) is 0 Å². The molecule has 2 atom stereocenters. The van der Waals surface area contributed by atoms with Gasteiger partial charge in [0.25, 0.3) is 0 Å². The zero-order chi connectivity index (χ0) is 11.4. The summed E-state index contributed by atoms with van der Waals surface area (Å²) in [6, 6.07) is 0. The molecule has 16 heavy (non-hydrogen) atoms. The van der Waals surface area contributed by atoms with Gasteiger partial charge in [-0.15, -0.1) is 0 Å². The smallest absolute Gasteiger partial charge is 0.168 e. The maximum absolute atomic E-state index is 8.92. The number of thioether (sulfide) groups is 1. The van der Waals surface area contributed by atoms with Crippen LogP contribution in [-0.2, 0) is 9.47 Å². The lowest BCUT2D eigenvalue weighted by atomic mass is 10.2. The van der Waals surface area contributed by atoms with Gasteiger partial charge >= 0.3 is 0 Å². The van der Waals surface area contributed by atoms with Crippen LogP contribution in [0.3, 0.4) is 0 Å². The molecule has 94 valence electrons. The molecule has 2 aliphatic rings. The van der Waals surface area contributed by atoms with Gasteiger partial charge < -0.3 is 14.6 Å². The first-order valence-electron chi connectivity index (χ1n) is 6.24. The molecule has 2 rings (SSSR count). The highest BCUT2D eigenvalue weighted by Crippen LogP contribution is 2.39. The molecule has 0 bridgehead atoms. The standard InChI is InChI=1S/C12H22O3S/c1-10(6-13)8-16-9-11-7-14-12(15-11)4-2-3-5-12/h10-11,13H,2-9H2,1H3. The molecule has 1 aliphatic carbocycles. The molecule has 1 saturated heterocycles. The number of ether oxygens (including phenoxy) is 2. The molecule has 2 unspecified atom stereocenters. The first-order chi connectivity index (χ1) is 7.74. The molecule has 4 heteroatoms. The van der Waals surface area contributed by atoms with E-state index in [4.69, 9.17) is 14.6 Å². The molecule has 0 aromatic rings. The third-order valence-electron chi connectivity index (χ3n) is 3.30. The van der Waals surface area contributed by atoms with E-state index in [0.29, 0.717) is 5.92 Å². The van der Waals surface area contributed by atoms with Gasteiger partial charge in [-0.25, -0.2) is 0 Å². The average molecular weight is 246 g/mol. The van der Waals surface area contributed by atoms with Crippen molar-refractivity contribution in [2.24, 2.45) is 5.92 Å². The molecule has 0 aromatic heterocycles. The van der Waals surface area contributed by atoms with E-state index in [2.05, 4.69) is 6.92 Å². The van der Waals surface area contributed by atoms with Gasteiger partial charge in [0.2, 0.25) is 0 Å². The topological polar surface area (TPSA) is 38.7 Å². The SMILES string of the molecule is CC(CO)CSCC1COC2(CCCC2)O1. The maximum Gasteiger partial charge on any atom is 0.168 e. The van der Waals surface area contributed by atoms with Gasteiger partial charge in [-0.3, -0.25) is 0 Å². The lowest BCUT2D eigenvalue weighted by molar-refractivity contribution is -0.159. The summed E-state index contributed by atoms with van der Waals surface area (Å²) < 4.78 is 11.8. The van der Waals surface area contributed by atoms with Crippen LogP contribution in [0.4, 0.5) is 0 Å². The Morgan fingerprint density at radius 1 is 1.44 bits per heavy atom. The third kappa shape index (κ3) is 3.13. The lowest BCUT2D eigenvalue weighted by Gasteiger charge is -2.21. The monoisotopic (exact) mass is 246 g/mol. The molecule has 1 N–H and O–H groups in total. The van der Waals surface area contributed by atoms with Gasteiger partial charge in [-0.2, -0.15) is 11.8 Å². The van der Waals surface area contributed by atoms with Crippen LogP contribution in [0.25, 0.3) is 0 Å². The molecule has 1 saturated carbocycles. The van der Waals surface area contributed by atoms with Gasteiger partial charge in [0.1, 0.15) is 0 Å². The summed E-state index contributed by atoms with van der Waals surface area (Å²) in [6.45, 7) is 3.09. The molecule has 1 spiro atoms. The zero-order valence-electron chi connectivity index (χ0n) is 9.98. The van der Waals surface area contributed by atoms with Crippen LogP contribution in [0.1, 0.15) is 32.6 Å². The second kappa shape index (κ2) is 5.71. The largest absolute Gasteiger partial charge is 0.396 e. The Balaban J connectivity index is 1.65. The Hall–Kier alpha value is 0.230. The van der Waals surface area contributed by atoms with E-state index in [9.17, 15) is 0 Å². The molecule has 3 nitrogen and oxygen atoms in total. The van der Waals surface area contributed by atoms with Crippen molar-refractivity contribution >= 4 is 11.8 Å². The minimum Gasteiger partial charge on any atom is -0.396 e. The fourth-order valence-electron chi connectivity index (χ4n) is 2.33. The van der Waals surface area contributed by atoms with E-state index in [-0.39, 0.29) is 18.5 Å². The van der Waals surface area contributed by atoms with Crippen LogP contribution >= 0.6 is 11.8 Å². The van der Waals surface area contributed by atoms with E-state index < -0.39 is 0 Å². The second-order valence-corrected chi connectivity index (χ2v) is 6.07. The molecule has 1 heterocycles. The maximum atomic E-state index is 8.92. The summed E-state index contributed by atoms with van der Waals surface area (Å²) in [7, 11) is 0. The Morgan fingerprint density at radius 3 is 2.88 bits per heavy atom. The van der Waals surface area contributed by atoms with Gasteiger partial charge in [-0.1, -0.05) is 6.92 Å². The first kappa shape index (κ1) is 12.7. The normalized spacial score (nSPS) is 30.0. The van der Waals surface area contributed by atoms with E-state index in [1.807, 2.05) is 11.8 Å². The molecule has 0 amide bonds. The van der Waals surface area contributed by atoms with E-state index >= 15 is 0 Å². The van der Waals surface area contributed by atoms with Crippen LogP contribution in [0.2, 0.25) is 0 Å². The van der Waals surface area contributed by atoms with Gasteiger partial charge in [0.05, 0.1) is 12.7 Å². The summed E-state index contributed by atoms with van der Waals surface area (Å²) in [5, 5.41) is 8.92. The molecular weight excluding hydrogens is 224 g/mol. The Kier molecular flexibility index (Phi) is 4.53. The van der Waals surface area contributed by atoms with Crippen molar-refractivity contribution in [3.05, 3.63) is 0 Å². The fourth-order valence-corrected chi connectivity index (χ4v) is 3.40. The fraction of sp³-hybridized carbons (Fsp3) is 1.00.